The number of amides is 2. The molecule has 0 saturated carbocycles. The van der Waals surface area contributed by atoms with Gasteiger partial charge in [-0.15, -0.1) is 0 Å². The zero-order valence-electron chi connectivity index (χ0n) is 12.0. The highest BCUT2D eigenvalue weighted by Gasteiger charge is 2.36. The number of benzene rings is 1. The third-order valence-corrected chi connectivity index (χ3v) is 4.16. The fourth-order valence-electron chi connectivity index (χ4n) is 2.11. The van der Waals surface area contributed by atoms with Crippen molar-refractivity contribution in [2.24, 2.45) is 0 Å². The molecule has 2 aromatic rings. The van der Waals surface area contributed by atoms with Crippen LogP contribution in [-0.2, 0) is 4.79 Å². The second-order valence-electron chi connectivity index (χ2n) is 4.84. The highest BCUT2D eigenvalue weighted by Crippen LogP contribution is 2.32. The van der Waals surface area contributed by atoms with Gasteiger partial charge in [-0.1, -0.05) is 36.4 Å². The summed E-state index contributed by atoms with van der Waals surface area (Å²) in [4.78, 5) is 41.7. The molecule has 1 aromatic carbocycles. The Bertz CT molecular complexity index is 788. The maximum atomic E-state index is 12.3. The molecule has 0 aliphatic carbocycles. The quantitative estimate of drug-likeness (QED) is 0.639. The molecule has 23 heavy (non-hydrogen) atoms. The van der Waals surface area contributed by atoms with Gasteiger partial charge in [0.25, 0.3) is 11.1 Å². The average Bonchev–Trinajstić information content (AvgIpc) is 2.84. The number of thioether (sulfide) groups is 1. The number of pyridine rings is 1. The van der Waals surface area contributed by atoms with E-state index in [2.05, 4.69) is 4.98 Å². The van der Waals surface area contributed by atoms with Crippen LogP contribution in [0.5, 0.6) is 0 Å². The molecule has 0 radical (unpaired) electrons. The van der Waals surface area contributed by atoms with Gasteiger partial charge < -0.3 is 0 Å². The van der Waals surface area contributed by atoms with E-state index in [-0.39, 0.29) is 12.3 Å². The van der Waals surface area contributed by atoms with Gasteiger partial charge in [0.15, 0.2) is 5.78 Å². The molecule has 1 aliphatic rings. The fourth-order valence-corrected chi connectivity index (χ4v) is 2.95. The number of Topliss-reactive ketones (excluding diaryl/α,β-unsaturated/α-hetero) is 1. The lowest BCUT2D eigenvalue weighted by Crippen LogP contribution is -2.33. The Balaban J connectivity index is 1.77. The first kappa shape index (κ1) is 15.2. The molecule has 1 saturated heterocycles. The molecule has 114 valence electrons. The molecular weight excluding hydrogens is 312 g/mol. The van der Waals surface area contributed by atoms with E-state index in [1.807, 2.05) is 0 Å². The van der Waals surface area contributed by atoms with Gasteiger partial charge in [0.05, 0.1) is 11.4 Å². The molecule has 0 bridgehead atoms. The molecular formula is C17H12N2O3S. The fraction of sp³-hybridized carbons (Fsp3) is 0.0588. The molecule has 6 heteroatoms. The van der Waals surface area contributed by atoms with Gasteiger partial charge in [-0.3, -0.25) is 24.3 Å². The van der Waals surface area contributed by atoms with Crippen LogP contribution in [0.3, 0.4) is 0 Å². The molecule has 1 aliphatic heterocycles. The maximum Gasteiger partial charge on any atom is 0.293 e. The third kappa shape index (κ3) is 3.37. The number of carbonyl (C=O) groups excluding carboxylic acids is 3. The Morgan fingerprint density at radius 3 is 2.61 bits per heavy atom. The molecule has 1 fully saturated rings. The third-order valence-electron chi connectivity index (χ3n) is 3.25. The second-order valence-corrected chi connectivity index (χ2v) is 5.84. The lowest BCUT2D eigenvalue weighted by atomic mass is 10.1. The van der Waals surface area contributed by atoms with Crippen LogP contribution in [0.15, 0.2) is 59.8 Å². The highest BCUT2D eigenvalue weighted by molar-refractivity contribution is 8.18. The number of rotatable bonds is 4. The highest BCUT2D eigenvalue weighted by atomic mass is 32.2. The largest absolute Gasteiger partial charge is 0.293 e. The van der Waals surface area contributed by atoms with Crippen LogP contribution < -0.4 is 0 Å². The van der Waals surface area contributed by atoms with Gasteiger partial charge >= 0.3 is 0 Å². The van der Waals surface area contributed by atoms with Gasteiger partial charge in [-0.25, -0.2) is 0 Å². The molecule has 2 heterocycles. The summed E-state index contributed by atoms with van der Waals surface area (Å²) < 4.78 is 0. The minimum atomic E-state index is -0.451. The van der Waals surface area contributed by atoms with E-state index in [9.17, 15) is 14.4 Å². The van der Waals surface area contributed by atoms with E-state index in [1.165, 1.54) is 0 Å². The van der Waals surface area contributed by atoms with Gasteiger partial charge in [-0.2, -0.15) is 0 Å². The number of hydrogen-bond donors (Lipinski definition) is 0. The Morgan fingerprint density at radius 2 is 1.91 bits per heavy atom. The van der Waals surface area contributed by atoms with Gasteiger partial charge in [-0.05, 0) is 29.5 Å². The first-order chi connectivity index (χ1) is 11.1. The first-order valence-corrected chi connectivity index (χ1v) is 7.70. The monoisotopic (exact) mass is 324 g/mol. The van der Waals surface area contributed by atoms with Crippen LogP contribution in [0, 0.1) is 0 Å². The summed E-state index contributed by atoms with van der Waals surface area (Å²) in [6.07, 6.45) is 4.83. The lowest BCUT2D eigenvalue weighted by Gasteiger charge is -2.11. The van der Waals surface area contributed by atoms with Crippen LogP contribution in [0.2, 0.25) is 0 Å². The summed E-state index contributed by atoms with van der Waals surface area (Å²) in [5.74, 6) is -0.719. The Morgan fingerprint density at radius 1 is 1.13 bits per heavy atom. The Kier molecular flexibility index (Phi) is 4.34. The van der Waals surface area contributed by atoms with E-state index in [4.69, 9.17) is 0 Å². The van der Waals surface area contributed by atoms with Crippen LogP contribution in [0.25, 0.3) is 6.08 Å². The van der Waals surface area contributed by atoms with Crippen LogP contribution in [0.4, 0.5) is 4.79 Å². The molecule has 5 nitrogen and oxygen atoms in total. The molecule has 0 N–H and O–H groups in total. The number of hydrogen-bond acceptors (Lipinski definition) is 5. The van der Waals surface area contributed by atoms with Crippen molar-refractivity contribution in [3.63, 3.8) is 0 Å². The first-order valence-electron chi connectivity index (χ1n) is 6.89. The number of aromatic nitrogens is 1. The van der Waals surface area contributed by atoms with E-state index < -0.39 is 11.1 Å². The minimum absolute atomic E-state index is 0.251. The predicted molar refractivity (Wildman–Crippen MR) is 87.7 cm³/mol. The smallest absolute Gasteiger partial charge is 0.292 e. The average molecular weight is 324 g/mol. The number of imide groups is 1. The predicted octanol–water partition coefficient (Wildman–Crippen LogP) is 3.00. The molecule has 3 rings (SSSR count). The second kappa shape index (κ2) is 6.58. The summed E-state index contributed by atoms with van der Waals surface area (Å²) in [6.45, 7) is -0.251. The molecule has 1 aromatic heterocycles. The zero-order valence-corrected chi connectivity index (χ0v) is 12.8. The van der Waals surface area contributed by atoms with Gasteiger partial charge in [0.2, 0.25) is 0 Å². The topological polar surface area (TPSA) is 67.3 Å². The van der Waals surface area contributed by atoms with Crippen molar-refractivity contribution in [3.05, 3.63) is 70.9 Å². The maximum absolute atomic E-state index is 12.3. The van der Waals surface area contributed by atoms with Crippen molar-refractivity contribution in [1.82, 2.24) is 9.88 Å². The summed E-state index contributed by atoms with van der Waals surface area (Å²) in [5.41, 5.74) is 1.20. The van der Waals surface area contributed by atoms with Gasteiger partial charge in [0, 0.05) is 18.0 Å². The van der Waals surface area contributed by atoms with Crippen LogP contribution >= 0.6 is 11.8 Å². The molecule has 0 unspecified atom stereocenters. The van der Waals surface area contributed by atoms with E-state index >= 15 is 0 Å². The van der Waals surface area contributed by atoms with E-state index in [1.54, 1.807) is 60.9 Å². The van der Waals surface area contributed by atoms with E-state index in [0.717, 1.165) is 22.2 Å². The number of carbonyl (C=O) groups is 3. The van der Waals surface area contributed by atoms with Crippen molar-refractivity contribution < 1.29 is 14.4 Å². The normalized spacial score (nSPS) is 16.2. The summed E-state index contributed by atoms with van der Waals surface area (Å²) in [5, 5.41) is -0.436. The van der Waals surface area contributed by atoms with Crippen molar-refractivity contribution in [2.45, 2.75) is 0 Å². The molecule has 0 spiro atoms. The van der Waals surface area contributed by atoms with Crippen LogP contribution in [0.1, 0.15) is 15.9 Å². The summed E-state index contributed by atoms with van der Waals surface area (Å²) in [6, 6.07) is 12.1. The minimum Gasteiger partial charge on any atom is -0.292 e. The van der Waals surface area contributed by atoms with Crippen molar-refractivity contribution in [1.29, 1.82) is 0 Å². The standard InChI is InChI=1S/C17H12N2O3S/c20-14(13-6-2-1-3-7-13)11-19-16(21)15(23-17(19)22)9-12-5-4-8-18-10-12/h1-10H,11H2/b15-9+. The Labute approximate surface area is 137 Å². The SMILES string of the molecule is O=C(CN1C(=O)S/C(=C/c2cccnc2)C1=O)c1ccccc1. The number of nitrogens with zero attached hydrogens (tertiary/aromatic N) is 2. The summed E-state index contributed by atoms with van der Waals surface area (Å²) >= 11 is 0.832. The lowest BCUT2D eigenvalue weighted by molar-refractivity contribution is -0.122. The van der Waals surface area contributed by atoms with Gasteiger partial charge in [0.1, 0.15) is 0 Å². The summed E-state index contributed by atoms with van der Waals surface area (Å²) in [7, 11) is 0. The number of ketones is 1. The molecule has 2 amide bonds. The Hall–Kier alpha value is -2.73. The van der Waals surface area contributed by atoms with Crippen LogP contribution in [-0.4, -0.2) is 33.4 Å². The zero-order chi connectivity index (χ0) is 16.2. The molecule has 0 atom stereocenters. The van der Waals surface area contributed by atoms with E-state index in [0.29, 0.717) is 10.5 Å². The van der Waals surface area contributed by atoms with Crippen molar-refractivity contribution in [2.75, 3.05) is 6.54 Å². The van der Waals surface area contributed by atoms with Crippen molar-refractivity contribution in [3.8, 4) is 0 Å². The van der Waals surface area contributed by atoms with Crippen molar-refractivity contribution >= 4 is 34.8 Å².